The first-order valence-corrected chi connectivity index (χ1v) is 12.3. The number of hydrogen-bond acceptors (Lipinski definition) is 5. The zero-order chi connectivity index (χ0) is 26.9. The Kier molecular flexibility index (Phi) is 7.29. The molecule has 0 bridgehead atoms. The molecule has 2 fully saturated rings. The van der Waals surface area contributed by atoms with E-state index in [0.717, 1.165) is 24.3 Å². The van der Waals surface area contributed by atoms with Crippen molar-refractivity contribution in [1.82, 2.24) is 9.97 Å². The molecule has 2 aliphatic rings. The van der Waals surface area contributed by atoms with E-state index in [1.807, 2.05) is 0 Å². The Morgan fingerprint density at radius 1 is 0.974 bits per heavy atom. The molecule has 1 aliphatic heterocycles. The Hall–Kier alpha value is -3.60. The summed E-state index contributed by atoms with van der Waals surface area (Å²) in [6.07, 6.45) is 2.08. The summed E-state index contributed by atoms with van der Waals surface area (Å²) in [6.45, 7) is 1.77. The van der Waals surface area contributed by atoms with Crippen LogP contribution < -0.4 is 10.2 Å². The first-order valence-electron chi connectivity index (χ1n) is 12.3. The lowest BCUT2D eigenvalue weighted by atomic mass is 9.83. The summed E-state index contributed by atoms with van der Waals surface area (Å²) in [5.74, 6) is -6.03. The predicted molar refractivity (Wildman–Crippen MR) is 131 cm³/mol. The molecule has 0 radical (unpaired) electrons. The minimum absolute atomic E-state index is 0.0647. The van der Waals surface area contributed by atoms with Crippen LogP contribution in [0.5, 0.6) is 0 Å². The summed E-state index contributed by atoms with van der Waals surface area (Å²) < 4.78 is 76.7. The molecule has 3 heterocycles. The molecule has 0 atom stereocenters. The number of rotatable bonds is 5. The van der Waals surface area contributed by atoms with E-state index in [0.29, 0.717) is 26.3 Å². The smallest absolute Gasteiger partial charge is 0.257 e. The largest absolute Gasteiger partial charge is 0.378 e. The molecular formula is C27H25F5N4O2. The summed E-state index contributed by atoms with van der Waals surface area (Å²) >= 11 is 0. The van der Waals surface area contributed by atoms with Crippen LogP contribution in [0, 0.1) is 17.5 Å². The Bertz CT molecular complexity index is 1340. The first-order chi connectivity index (χ1) is 18.2. The summed E-state index contributed by atoms with van der Waals surface area (Å²) in [6, 6.07) is 5.37. The molecule has 6 nitrogen and oxygen atoms in total. The Morgan fingerprint density at radius 3 is 2.42 bits per heavy atom. The molecule has 1 saturated heterocycles. The minimum atomic E-state index is -2.79. The lowest BCUT2D eigenvalue weighted by Crippen LogP contribution is -2.37. The van der Waals surface area contributed by atoms with Crippen LogP contribution >= 0.6 is 0 Å². The molecule has 0 unspecified atom stereocenters. The average Bonchev–Trinajstić information content (AvgIpc) is 2.91. The van der Waals surface area contributed by atoms with Crippen molar-refractivity contribution in [2.24, 2.45) is 0 Å². The van der Waals surface area contributed by atoms with E-state index in [1.165, 1.54) is 18.5 Å². The molecule has 3 aromatic rings. The third kappa shape index (κ3) is 5.47. The average molecular weight is 533 g/mol. The van der Waals surface area contributed by atoms with Gasteiger partial charge in [0, 0.05) is 55.4 Å². The van der Waals surface area contributed by atoms with Gasteiger partial charge in [0.1, 0.15) is 11.6 Å². The van der Waals surface area contributed by atoms with Gasteiger partial charge in [0.25, 0.3) is 5.91 Å². The number of nitrogens with zero attached hydrogens (tertiary/aromatic N) is 3. The fourth-order valence-electron chi connectivity index (χ4n) is 4.91. The molecule has 1 saturated carbocycles. The molecule has 38 heavy (non-hydrogen) atoms. The first kappa shape index (κ1) is 26.0. The molecule has 0 spiro atoms. The van der Waals surface area contributed by atoms with Crippen molar-refractivity contribution in [1.29, 1.82) is 0 Å². The molecule has 5 rings (SSSR count). The molecule has 200 valence electrons. The second-order valence-corrected chi connectivity index (χ2v) is 9.46. The lowest BCUT2D eigenvalue weighted by molar-refractivity contribution is -0.0384. The molecule has 1 N–H and O–H groups in total. The maximum absolute atomic E-state index is 14.9. The van der Waals surface area contributed by atoms with E-state index in [9.17, 15) is 26.7 Å². The summed E-state index contributed by atoms with van der Waals surface area (Å²) in [4.78, 5) is 23.4. The van der Waals surface area contributed by atoms with E-state index in [-0.39, 0.29) is 59.6 Å². The number of halogens is 5. The minimum Gasteiger partial charge on any atom is -0.378 e. The van der Waals surface area contributed by atoms with Gasteiger partial charge in [-0.15, -0.1) is 0 Å². The second kappa shape index (κ2) is 10.6. The highest BCUT2D eigenvalue weighted by atomic mass is 19.3. The van der Waals surface area contributed by atoms with E-state index in [1.54, 1.807) is 4.90 Å². The van der Waals surface area contributed by atoms with Gasteiger partial charge in [0.05, 0.1) is 30.2 Å². The predicted octanol–water partition coefficient (Wildman–Crippen LogP) is 5.94. The Balaban J connectivity index is 1.51. The topological polar surface area (TPSA) is 67.4 Å². The fraction of sp³-hybridized carbons (Fsp3) is 0.370. The van der Waals surface area contributed by atoms with Gasteiger partial charge in [-0.05, 0) is 43.2 Å². The number of carbonyl (C=O) groups excluding carboxylic acids is 1. The molecule has 1 aliphatic carbocycles. The summed E-state index contributed by atoms with van der Waals surface area (Å²) in [5, 5.41) is 2.67. The molecule has 11 heteroatoms. The van der Waals surface area contributed by atoms with Gasteiger partial charge < -0.3 is 15.0 Å². The zero-order valence-electron chi connectivity index (χ0n) is 20.3. The van der Waals surface area contributed by atoms with Gasteiger partial charge in [-0.2, -0.15) is 0 Å². The van der Waals surface area contributed by atoms with Crippen LogP contribution in [0.3, 0.4) is 0 Å². The van der Waals surface area contributed by atoms with Gasteiger partial charge in [0.15, 0.2) is 11.6 Å². The third-order valence-electron chi connectivity index (χ3n) is 6.94. The monoisotopic (exact) mass is 532 g/mol. The highest BCUT2D eigenvalue weighted by molar-refractivity contribution is 6.06. The quantitative estimate of drug-likeness (QED) is 0.412. The summed E-state index contributed by atoms with van der Waals surface area (Å²) in [5.41, 5.74) is 0.256. The van der Waals surface area contributed by atoms with Crippen LogP contribution in [-0.2, 0) is 4.74 Å². The molecule has 1 amide bonds. The number of amides is 1. The maximum atomic E-state index is 14.9. The van der Waals surface area contributed by atoms with E-state index < -0.39 is 35.2 Å². The summed E-state index contributed by atoms with van der Waals surface area (Å²) in [7, 11) is 0. The Labute approximate surface area is 215 Å². The van der Waals surface area contributed by atoms with Crippen molar-refractivity contribution in [2.75, 3.05) is 36.5 Å². The van der Waals surface area contributed by atoms with E-state index in [4.69, 9.17) is 4.74 Å². The number of aromatic nitrogens is 2. The third-order valence-corrected chi connectivity index (χ3v) is 6.94. The molecule has 1 aromatic carbocycles. The van der Waals surface area contributed by atoms with Crippen LogP contribution in [0.2, 0.25) is 0 Å². The number of anilines is 2. The lowest BCUT2D eigenvalue weighted by Gasteiger charge is -2.29. The second-order valence-electron chi connectivity index (χ2n) is 9.46. The van der Waals surface area contributed by atoms with Crippen molar-refractivity contribution >= 4 is 17.4 Å². The molecular weight excluding hydrogens is 507 g/mol. The van der Waals surface area contributed by atoms with Crippen molar-refractivity contribution in [2.45, 2.75) is 37.5 Å². The van der Waals surface area contributed by atoms with Gasteiger partial charge in [0.2, 0.25) is 5.92 Å². The van der Waals surface area contributed by atoms with Crippen LogP contribution in [0.4, 0.5) is 33.5 Å². The van der Waals surface area contributed by atoms with E-state index >= 15 is 0 Å². The van der Waals surface area contributed by atoms with Gasteiger partial charge in [-0.25, -0.2) is 26.9 Å². The van der Waals surface area contributed by atoms with Crippen LogP contribution in [0.1, 0.15) is 47.7 Å². The number of hydrogen-bond donors (Lipinski definition) is 1. The number of carbonyl (C=O) groups is 1. The van der Waals surface area contributed by atoms with Gasteiger partial charge in [-0.3, -0.25) is 9.78 Å². The Morgan fingerprint density at radius 2 is 1.71 bits per heavy atom. The van der Waals surface area contributed by atoms with E-state index in [2.05, 4.69) is 15.3 Å². The normalized spacial score (nSPS) is 17.9. The van der Waals surface area contributed by atoms with Crippen LogP contribution in [-0.4, -0.2) is 48.1 Å². The van der Waals surface area contributed by atoms with Crippen molar-refractivity contribution in [3.05, 3.63) is 71.4 Å². The van der Waals surface area contributed by atoms with Crippen molar-refractivity contribution < 1.29 is 31.5 Å². The number of benzene rings is 1. The van der Waals surface area contributed by atoms with Crippen LogP contribution in [0.25, 0.3) is 11.1 Å². The zero-order valence-corrected chi connectivity index (χ0v) is 20.3. The van der Waals surface area contributed by atoms with Crippen molar-refractivity contribution in [3.63, 3.8) is 0 Å². The fourth-order valence-corrected chi connectivity index (χ4v) is 4.91. The number of pyridine rings is 2. The highest BCUT2D eigenvalue weighted by Gasteiger charge is 2.37. The number of ether oxygens (including phenoxy) is 1. The standard InChI is InChI=1S/C27H25F5N4O2/c28-18-1-2-21(29)20(14-18)19-5-8-33-23(16-3-6-27(31,32)7-4-16)24(19)35-26(37)17-13-22(30)25(34-15-17)36-9-11-38-12-10-36/h1-2,5,8,13-16H,3-4,6-7,9-12H2,(H,35,37). The molecule has 2 aromatic heterocycles. The van der Waals surface area contributed by atoms with Crippen molar-refractivity contribution in [3.8, 4) is 11.1 Å². The van der Waals surface area contributed by atoms with Gasteiger partial charge in [-0.1, -0.05) is 0 Å². The number of morpholine rings is 1. The highest BCUT2D eigenvalue weighted by Crippen LogP contribution is 2.44. The van der Waals surface area contributed by atoms with Crippen LogP contribution in [0.15, 0.2) is 42.7 Å². The number of alkyl halides is 2. The SMILES string of the molecule is O=C(Nc1c(-c2cc(F)ccc2F)ccnc1C1CCC(F)(F)CC1)c1cnc(N2CCOCC2)c(F)c1. The van der Waals surface area contributed by atoms with Gasteiger partial charge >= 0.3 is 0 Å². The number of nitrogens with one attached hydrogen (secondary N) is 1. The maximum Gasteiger partial charge on any atom is 0.257 e.